The summed E-state index contributed by atoms with van der Waals surface area (Å²) in [6.45, 7) is 0. The number of nitrogens with one attached hydrogen (secondary N) is 1. The summed E-state index contributed by atoms with van der Waals surface area (Å²) < 4.78 is 16.9. The van der Waals surface area contributed by atoms with Crippen LogP contribution in [0.5, 0.6) is 5.75 Å². The van der Waals surface area contributed by atoms with Crippen molar-refractivity contribution >= 4 is 15.6 Å². The molecule has 0 saturated heterocycles. The molecule has 4 nitrogen and oxygen atoms in total. The molecule has 0 bridgehead atoms. The Morgan fingerprint density at radius 1 is 1.41 bits per heavy atom. The Morgan fingerprint density at radius 3 is 2.35 bits per heavy atom. The molecule has 1 atom stereocenters. The highest BCUT2D eigenvalue weighted by Crippen LogP contribution is 2.47. The monoisotopic (exact) mass is 255 g/mol. The van der Waals surface area contributed by atoms with Gasteiger partial charge >= 0.3 is 0 Å². The van der Waals surface area contributed by atoms with Gasteiger partial charge in [0.05, 0.1) is 21.6 Å². The SMILES string of the molecule is C=S(=O)(NO)C1(c2ccc(OC)cc2)CCC1. The van der Waals surface area contributed by atoms with Crippen LogP contribution in [0.3, 0.4) is 0 Å². The molecule has 0 amide bonds. The maximum atomic E-state index is 12.3. The van der Waals surface area contributed by atoms with Gasteiger partial charge in [0.25, 0.3) is 0 Å². The van der Waals surface area contributed by atoms with Crippen molar-refractivity contribution in [3.8, 4) is 5.75 Å². The summed E-state index contributed by atoms with van der Waals surface area (Å²) in [5.74, 6) is 4.40. The van der Waals surface area contributed by atoms with Crippen molar-refractivity contribution in [2.75, 3.05) is 7.11 Å². The quantitative estimate of drug-likeness (QED) is 0.636. The highest BCUT2D eigenvalue weighted by atomic mass is 32.2. The maximum absolute atomic E-state index is 12.3. The molecule has 1 aliphatic carbocycles. The van der Waals surface area contributed by atoms with Crippen LogP contribution in [0.1, 0.15) is 24.8 Å². The normalized spacial score (nSPS) is 21.3. The zero-order valence-corrected chi connectivity index (χ0v) is 10.6. The van der Waals surface area contributed by atoms with Gasteiger partial charge in [-0.25, -0.2) is 0 Å². The fourth-order valence-electron chi connectivity index (χ4n) is 2.29. The summed E-state index contributed by atoms with van der Waals surface area (Å²) in [7, 11) is -1.13. The molecule has 17 heavy (non-hydrogen) atoms. The summed E-state index contributed by atoms with van der Waals surface area (Å²) in [6, 6.07) is 7.45. The lowest BCUT2D eigenvalue weighted by Gasteiger charge is -2.43. The predicted molar refractivity (Wildman–Crippen MR) is 68.7 cm³/mol. The topological polar surface area (TPSA) is 58.6 Å². The summed E-state index contributed by atoms with van der Waals surface area (Å²) >= 11 is 0. The molecule has 94 valence electrons. The van der Waals surface area contributed by atoms with Crippen LogP contribution in [0.2, 0.25) is 0 Å². The van der Waals surface area contributed by atoms with Crippen molar-refractivity contribution in [1.82, 2.24) is 4.89 Å². The number of hydrogen-bond acceptors (Lipinski definition) is 3. The van der Waals surface area contributed by atoms with E-state index >= 15 is 0 Å². The van der Waals surface area contributed by atoms with Gasteiger partial charge in [-0.3, -0.25) is 4.21 Å². The fourth-order valence-corrected chi connectivity index (χ4v) is 3.93. The first-order valence-corrected chi connectivity index (χ1v) is 7.21. The second-order valence-corrected chi connectivity index (χ2v) is 6.66. The standard InChI is InChI=1S/C12H17NO3S/c1-16-11-6-4-10(5-7-11)12(8-3-9-12)17(2,15)13-14/h4-7,14H,2-3,8-9H2,1H3,(H,13,15). The molecular weight excluding hydrogens is 238 g/mol. The maximum Gasteiger partial charge on any atom is 0.118 e. The first-order valence-electron chi connectivity index (χ1n) is 5.48. The Labute approximate surface area is 102 Å². The van der Waals surface area contributed by atoms with E-state index in [1.54, 1.807) is 7.11 Å². The molecule has 1 aromatic carbocycles. The summed E-state index contributed by atoms with van der Waals surface area (Å²) in [5.41, 5.74) is 0.936. The van der Waals surface area contributed by atoms with Gasteiger partial charge in [0.2, 0.25) is 0 Å². The van der Waals surface area contributed by atoms with Gasteiger partial charge in [0.1, 0.15) is 5.75 Å². The van der Waals surface area contributed by atoms with Gasteiger partial charge in [-0.15, -0.1) is 4.89 Å². The molecule has 1 unspecified atom stereocenters. The molecule has 0 radical (unpaired) electrons. The number of rotatable bonds is 4. The molecule has 1 saturated carbocycles. The summed E-state index contributed by atoms with van der Waals surface area (Å²) in [6.07, 6.45) is 2.55. The van der Waals surface area contributed by atoms with Gasteiger partial charge < -0.3 is 9.94 Å². The Hall–Kier alpha value is -1.04. The lowest BCUT2D eigenvalue weighted by molar-refractivity contribution is 0.236. The van der Waals surface area contributed by atoms with Gasteiger partial charge in [0.15, 0.2) is 0 Å². The van der Waals surface area contributed by atoms with Crippen LogP contribution < -0.4 is 9.62 Å². The van der Waals surface area contributed by atoms with Crippen molar-refractivity contribution in [1.29, 1.82) is 0 Å². The molecular formula is C12H17NO3S. The van der Waals surface area contributed by atoms with Crippen LogP contribution in [-0.2, 0) is 14.5 Å². The van der Waals surface area contributed by atoms with Crippen LogP contribution in [0.4, 0.5) is 0 Å². The first-order chi connectivity index (χ1) is 8.05. The third kappa shape index (κ3) is 1.84. The highest BCUT2D eigenvalue weighted by molar-refractivity contribution is 7.99. The van der Waals surface area contributed by atoms with E-state index in [9.17, 15) is 4.21 Å². The van der Waals surface area contributed by atoms with E-state index in [-0.39, 0.29) is 0 Å². The van der Waals surface area contributed by atoms with E-state index in [0.717, 1.165) is 30.6 Å². The zero-order chi connectivity index (χ0) is 12.5. The Balaban J connectivity index is 2.42. The molecule has 1 fully saturated rings. The average Bonchev–Trinajstić information content (AvgIpc) is 2.28. The van der Waals surface area contributed by atoms with Crippen molar-refractivity contribution < 1.29 is 14.2 Å². The third-order valence-electron chi connectivity index (χ3n) is 3.56. The molecule has 2 rings (SSSR count). The van der Waals surface area contributed by atoms with Crippen LogP contribution in [0.25, 0.3) is 0 Å². The minimum absolute atomic E-state index is 0.548. The van der Waals surface area contributed by atoms with Crippen LogP contribution in [-0.4, -0.2) is 22.4 Å². The van der Waals surface area contributed by atoms with Gasteiger partial charge in [-0.05, 0) is 42.8 Å². The molecule has 0 aromatic heterocycles. The summed E-state index contributed by atoms with van der Waals surface area (Å²) in [4.78, 5) is 1.90. The summed E-state index contributed by atoms with van der Waals surface area (Å²) in [5, 5.41) is 9.04. The Kier molecular flexibility index (Phi) is 3.16. The third-order valence-corrected chi connectivity index (χ3v) is 5.76. The van der Waals surface area contributed by atoms with E-state index in [1.807, 2.05) is 29.2 Å². The van der Waals surface area contributed by atoms with Crippen LogP contribution in [0.15, 0.2) is 24.3 Å². The number of methoxy groups -OCH3 is 1. The smallest absolute Gasteiger partial charge is 0.118 e. The molecule has 2 N–H and O–H groups in total. The Bertz CT molecular complexity index is 489. The van der Waals surface area contributed by atoms with Crippen LogP contribution in [0, 0.1) is 0 Å². The predicted octanol–water partition coefficient (Wildman–Crippen LogP) is 1.68. The van der Waals surface area contributed by atoms with Crippen molar-refractivity contribution in [2.24, 2.45) is 0 Å². The van der Waals surface area contributed by atoms with Crippen molar-refractivity contribution in [3.05, 3.63) is 29.8 Å². The largest absolute Gasteiger partial charge is 0.497 e. The molecule has 0 aliphatic heterocycles. The number of benzene rings is 1. The van der Waals surface area contributed by atoms with E-state index < -0.39 is 14.5 Å². The fraction of sp³-hybridized carbons (Fsp3) is 0.417. The van der Waals surface area contributed by atoms with Gasteiger partial charge in [-0.1, -0.05) is 12.1 Å². The minimum Gasteiger partial charge on any atom is -0.497 e. The number of ether oxygens (including phenoxy) is 1. The van der Waals surface area contributed by atoms with Crippen molar-refractivity contribution in [3.63, 3.8) is 0 Å². The van der Waals surface area contributed by atoms with E-state index in [2.05, 4.69) is 5.87 Å². The van der Waals surface area contributed by atoms with Gasteiger partial charge in [0, 0.05) is 0 Å². The van der Waals surface area contributed by atoms with E-state index in [0.29, 0.717) is 0 Å². The zero-order valence-electron chi connectivity index (χ0n) is 9.81. The van der Waals surface area contributed by atoms with E-state index in [4.69, 9.17) is 9.94 Å². The molecule has 5 heteroatoms. The molecule has 0 heterocycles. The van der Waals surface area contributed by atoms with Crippen LogP contribution >= 0.6 is 0 Å². The lowest BCUT2D eigenvalue weighted by Crippen LogP contribution is -2.47. The minimum atomic E-state index is -2.73. The number of hydrogen-bond donors (Lipinski definition) is 2. The second kappa shape index (κ2) is 4.33. The Morgan fingerprint density at radius 2 is 2.00 bits per heavy atom. The van der Waals surface area contributed by atoms with Crippen molar-refractivity contribution in [2.45, 2.75) is 24.0 Å². The molecule has 0 spiro atoms. The van der Waals surface area contributed by atoms with Gasteiger partial charge in [-0.2, -0.15) is 0 Å². The molecule has 1 aromatic rings. The lowest BCUT2D eigenvalue weighted by atomic mass is 9.79. The molecule has 1 aliphatic rings. The second-order valence-electron chi connectivity index (χ2n) is 4.34. The van der Waals surface area contributed by atoms with E-state index in [1.165, 1.54) is 0 Å². The first kappa shape index (κ1) is 12.4. The highest BCUT2D eigenvalue weighted by Gasteiger charge is 2.46. The average molecular weight is 255 g/mol.